The van der Waals surface area contributed by atoms with Crippen LogP contribution in [0.3, 0.4) is 0 Å². The summed E-state index contributed by atoms with van der Waals surface area (Å²) in [6.07, 6.45) is 0.332. The molecule has 0 radical (unpaired) electrons. The lowest BCUT2D eigenvalue weighted by molar-refractivity contribution is -0.116. The van der Waals surface area contributed by atoms with E-state index in [2.05, 4.69) is 5.32 Å². The highest BCUT2D eigenvalue weighted by atomic mass is 19.1. The number of carbonyl (C=O) groups is 1. The van der Waals surface area contributed by atoms with E-state index in [9.17, 15) is 9.18 Å². The summed E-state index contributed by atoms with van der Waals surface area (Å²) in [6.45, 7) is 1.98. The molecule has 98 valence electrons. The van der Waals surface area contributed by atoms with Crippen LogP contribution in [0.15, 0.2) is 54.6 Å². The van der Waals surface area contributed by atoms with Gasteiger partial charge in [0.25, 0.3) is 0 Å². The normalized spacial score (nSPS) is 11.9. The molecule has 3 heteroatoms. The first-order chi connectivity index (χ1) is 9.16. The zero-order valence-electron chi connectivity index (χ0n) is 10.8. The molecule has 0 saturated heterocycles. The lowest BCUT2D eigenvalue weighted by Gasteiger charge is -2.12. The summed E-state index contributed by atoms with van der Waals surface area (Å²) in [5.41, 5.74) is 1.33. The van der Waals surface area contributed by atoms with Crippen molar-refractivity contribution in [2.24, 2.45) is 0 Å². The second-order valence-electron chi connectivity index (χ2n) is 4.54. The van der Waals surface area contributed by atoms with Gasteiger partial charge < -0.3 is 5.32 Å². The van der Waals surface area contributed by atoms with Crippen LogP contribution in [0.4, 0.5) is 10.1 Å². The zero-order chi connectivity index (χ0) is 13.7. The van der Waals surface area contributed by atoms with Gasteiger partial charge in [0.15, 0.2) is 0 Å². The van der Waals surface area contributed by atoms with E-state index in [4.69, 9.17) is 0 Å². The molecule has 19 heavy (non-hydrogen) atoms. The Hall–Kier alpha value is -2.16. The molecule has 0 bridgehead atoms. The highest BCUT2D eigenvalue weighted by Crippen LogP contribution is 2.20. The maximum atomic E-state index is 13.4. The van der Waals surface area contributed by atoms with E-state index in [1.54, 1.807) is 18.2 Å². The molecule has 2 rings (SSSR count). The summed E-state index contributed by atoms with van der Waals surface area (Å²) < 4.78 is 13.4. The minimum atomic E-state index is -0.414. The van der Waals surface area contributed by atoms with E-state index in [1.165, 1.54) is 6.07 Å². The van der Waals surface area contributed by atoms with Crippen LogP contribution in [0.5, 0.6) is 0 Å². The highest BCUT2D eigenvalue weighted by Gasteiger charge is 2.12. The van der Waals surface area contributed by atoms with E-state index < -0.39 is 5.82 Å². The Morgan fingerprint density at radius 2 is 1.74 bits per heavy atom. The molecule has 2 aromatic carbocycles. The molecule has 0 aliphatic rings. The van der Waals surface area contributed by atoms with Gasteiger partial charge in [0.2, 0.25) is 5.91 Å². The first-order valence-corrected chi connectivity index (χ1v) is 6.26. The summed E-state index contributed by atoms with van der Waals surface area (Å²) in [5.74, 6) is -0.488. The van der Waals surface area contributed by atoms with Gasteiger partial charge in [0, 0.05) is 6.42 Å². The summed E-state index contributed by atoms with van der Waals surface area (Å²) in [4.78, 5) is 11.9. The SMILES string of the molecule is C[C@H](CC(=O)Nc1ccccc1F)c1ccccc1. The van der Waals surface area contributed by atoms with Crippen molar-refractivity contribution < 1.29 is 9.18 Å². The van der Waals surface area contributed by atoms with Gasteiger partial charge in [0.05, 0.1) is 5.69 Å². The van der Waals surface area contributed by atoms with Crippen LogP contribution >= 0.6 is 0 Å². The van der Waals surface area contributed by atoms with Crippen molar-refractivity contribution in [3.8, 4) is 0 Å². The Balaban J connectivity index is 1.97. The lowest BCUT2D eigenvalue weighted by atomic mass is 9.97. The van der Waals surface area contributed by atoms with Crippen molar-refractivity contribution in [1.29, 1.82) is 0 Å². The summed E-state index contributed by atoms with van der Waals surface area (Å²) in [6, 6.07) is 16.0. The molecule has 1 amide bonds. The predicted octanol–water partition coefficient (Wildman–Crippen LogP) is 3.96. The van der Waals surface area contributed by atoms with Gasteiger partial charge in [-0.05, 0) is 23.6 Å². The molecule has 0 unspecified atom stereocenters. The van der Waals surface area contributed by atoms with Gasteiger partial charge in [0.1, 0.15) is 5.82 Å². The quantitative estimate of drug-likeness (QED) is 0.882. The molecule has 0 aliphatic heterocycles. The summed E-state index contributed by atoms with van der Waals surface area (Å²) in [5, 5.41) is 2.60. The maximum Gasteiger partial charge on any atom is 0.225 e. The average molecular weight is 257 g/mol. The van der Waals surface area contributed by atoms with Gasteiger partial charge in [-0.25, -0.2) is 4.39 Å². The first kappa shape index (κ1) is 13.3. The van der Waals surface area contributed by atoms with E-state index in [0.29, 0.717) is 6.42 Å². The standard InChI is InChI=1S/C16H16FNO/c1-12(13-7-3-2-4-8-13)11-16(19)18-15-10-6-5-9-14(15)17/h2-10,12H,11H2,1H3,(H,18,19)/t12-/m1/s1. The molecule has 0 saturated carbocycles. The van der Waals surface area contributed by atoms with E-state index >= 15 is 0 Å². The van der Waals surface area contributed by atoms with Crippen LogP contribution in [0.2, 0.25) is 0 Å². The molecular formula is C16H16FNO. The topological polar surface area (TPSA) is 29.1 Å². The molecule has 2 nitrogen and oxygen atoms in total. The van der Waals surface area contributed by atoms with Crippen LogP contribution in [-0.4, -0.2) is 5.91 Å². The smallest absolute Gasteiger partial charge is 0.225 e. The second-order valence-corrected chi connectivity index (χ2v) is 4.54. The number of benzene rings is 2. The van der Waals surface area contributed by atoms with Crippen LogP contribution in [-0.2, 0) is 4.79 Å². The van der Waals surface area contributed by atoms with Gasteiger partial charge in [-0.2, -0.15) is 0 Å². The number of halogens is 1. The van der Waals surface area contributed by atoms with Crippen LogP contribution in [0.1, 0.15) is 24.8 Å². The molecule has 0 aromatic heterocycles. The first-order valence-electron chi connectivity index (χ1n) is 6.26. The third-order valence-electron chi connectivity index (χ3n) is 3.01. The summed E-state index contributed by atoms with van der Waals surface area (Å²) in [7, 11) is 0. The molecule has 1 N–H and O–H groups in total. The minimum Gasteiger partial charge on any atom is -0.324 e. The largest absolute Gasteiger partial charge is 0.324 e. The molecule has 0 heterocycles. The Bertz CT molecular complexity index is 554. The number of anilines is 1. The zero-order valence-corrected chi connectivity index (χ0v) is 10.8. The van der Waals surface area contributed by atoms with Crippen LogP contribution < -0.4 is 5.32 Å². The van der Waals surface area contributed by atoms with Crippen molar-refractivity contribution >= 4 is 11.6 Å². The lowest BCUT2D eigenvalue weighted by Crippen LogP contribution is -2.15. The fourth-order valence-electron chi connectivity index (χ4n) is 1.94. The van der Waals surface area contributed by atoms with E-state index in [1.807, 2.05) is 37.3 Å². The Morgan fingerprint density at radius 1 is 1.11 bits per heavy atom. The third kappa shape index (κ3) is 3.65. The highest BCUT2D eigenvalue weighted by molar-refractivity contribution is 5.91. The third-order valence-corrected chi connectivity index (χ3v) is 3.01. The number of para-hydroxylation sites is 1. The Labute approximate surface area is 112 Å². The molecule has 0 aliphatic carbocycles. The van der Waals surface area contributed by atoms with Crippen LogP contribution in [0, 0.1) is 5.82 Å². The van der Waals surface area contributed by atoms with Gasteiger partial charge >= 0.3 is 0 Å². The number of rotatable bonds is 4. The van der Waals surface area contributed by atoms with E-state index in [-0.39, 0.29) is 17.5 Å². The number of nitrogens with one attached hydrogen (secondary N) is 1. The Morgan fingerprint density at radius 3 is 2.42 bits per heavy atom. The van der Waals surface area contributed by atoms with Crippen molar-refractivity contribution in [2.75, 3.05) is 5.32 Å². The molecule has 1 atom stereocenters. The second kappa shape index (κ2) is 6.14. The van der Waals surface area contributed by atoms with Crippen LogP contribution in [0.25, 0.3) is 0 Å². The fraction of sp³-hybridized carbons (Fsp3) is 0.188. The minimum absolute atomic E-state index is 0.105. The van der Waals surface area contributed by atoms with Crippen molar-refractivity contribution in [3.05, 3.63) is 66.0 Å². The van der Waals surface area contributed by atoms with Crippen molar-refractivity contribution in [3.63, 3.8) is 0 Å². The molecule has 0 fully saturated rings. The predicted molar refractivity (Wildman–Crippen MR) is 74.5 cm³/mol. The number of amides is 1. The number of hydrogen-bond acceptors (Lipinski definition) is 1. The van der Waals surface area contributed by atoms with Crippen molar-refractivity contribution in [1.82, 2.24) is 0 Å². The average Bonchev–Trinajstić information content (AvgIpc) is 2.42. The fourth-order valence-corrected chi connectivity index (χ4v) is 1.94. The Kier molecular flexibility index (Phi) is 4.29. The van der Waals surface area contributed by atoms with Gasteiger partial charge in [-0.15, -0.1) is 0 Å². The van der Waals surface area contributed by atoms with Gasteiger partial charge in [-0.3, -0.25) is 4.79 Å². The maximum absolute atomic E-state index is 13.4. The number of carbonyl (C=O) groups excluding carboxylic acids is 1. The number of hydrogen-bond donors (Lipinski definition) is 1. The molecular weight excluding hydrogens is 241 g/mol. The van der Waals surface area contributed by atoms with Crippen molar-refractivity contribution in [2.45, 2.75) is 19.3 Å². The molecule has 0 spiro atoms. The van der Waals surface area contributed by atoms with E-state index in [0.717, 1.165) is 5.56 Å². The summed E-state index contributed by atoms with van der Waals surface area (Å²) >= 11 is 0. The monoisotopic (exact) mass is 257 g/mol. The van der Waals surface area contributed by atoms with Gasteiger partial charge in [-0.1, -0.05) is 49.4 Å². The molecule has 2 aromatic rings.